The molecule has 0 spiro atoms. The molecular weight excluding hydrogens is 450 g/mol. The predicted molar refractivity (Wildman–Crippen MR) is 124 cm³/mol. The summed E-state index contributed by atoms with van der Waals surface area (Å²) < 4.78 is 29.4. The van der Waals surface area contributed by atoms with E-state index in [9.17, 15) is 13.2 Å². The van der Waals surface area contributed by atoms with Gasteiger partial charge in [0.05, 0.1) is 16.2 Å². The van der Waals surface area contributed by atoms with Gasteiger partial charge in [-0.3, -0.25) is 9.10 Å². The highest BCUT2D eigenvalue weighted by Gasteiger charge is 2.26. The minimum Gasteiger partial charge on any atom is -0.324 e. The summed E-state index contributed by atoms with van der Waals surface area (Å²) in [4.78, 5) is 12.5. The fraction of sp³-hybridized carbons (Fsp3) is 0.136. The molecule has 1 heterocycles. The van der Waals surface area contributed by atoms with Gasteiger partial charge in [-0.25, -0.2) is 13.1 Å². The standard InChI is InChI=1S/C22H20ClN5O3S/c1-2-28(17-8-4-3-5-9-17)32(30,31)21-14-16(12-13-18(21)23)24-22(29)15-27-20-11-7-6-10-19(20)25-26-27/h3-14H,2,15H2,1H3,(H,24,29). The van der Waals surface area contributed by atoms with Gasteiger partial charge in [-0.15, -0.1) is 5.10 Å². The third-order valence-electron chi connectivity index (χ3n) is 4.83. The molecule has 0 aliphatic carbocycles. The molecule has 1 amide bonds. The van der Waals surface area contributed by atoms with E-state index in [-0.39, 0.29) is 28.9 Å². The zero-order valence-electron chi connectivity index (χ0n) is 17.1. The van der Waals surface area contributed by atoms with Crippen molar-refractivity contribution < 1.29 is 13.2 Å². The van der Waals surface area contributed by atoms with Gasteiger partial charge in [-0.1, -0.05) is 47.1 Å². The van der Waals surface area contributed by atoms with Crippen LogP contribution in [0.2, 0.25) is 5.02 Å². The summed E-state index contributed by atoms with van der Waals surface area (Å²) in [5.41, 5.74) is 2.24. The van der Waals surface area contributed by atoms with Crippen molar-refractivity contribution in [3.63, 3.8) is 0 Å². The number of aromatic nitrogens is 3. The third-order valence-corrected chi connectivity index (χ3v) is 7.21. The SMILES string of the molecule is CCN(c1ccccc1)S(=O)(=O)c1cc(NC(=O)Cn2nnc3ccccc32)ccc1Cl. The van der Waals surface area contributed by atoms with Crippen molar-refractivity contribution in [2.75, 3.05) is 16.2 Å². The Morgan fingerprint density at radius 1 is 1.06 bits per heavy atom. The Hall–Kier alpha value is -3.43. The number of rotatable bonds is 7. The van der Waals surface area contributed by atoms with Crippen molar-refractivity contribution >= 4 is 49.9 Å². The average Bonchev–Trinajstić information content (AvgIpc) is 3.19. The van der Waals surface area contributed by atoms with Gasteiger partial charge in [0.2, 0.25) is 5.91 Å². The molecule has 4 aromatic rings. The summed E-state index contributed by atoms with van der Waals surface area (Å²) in [6, 6.07) is 20.4. The summed E-state index contributed by atoms with van der Waals surface area (Å²) in [5, 5.41) is 10.8. The lowest BCUT2D eigenvalue weighted by Crippen LogP contribution is -2.31. The van der Waals surface area contributed by atoms with Crippen LogP contribution in [-0.4, -0.2) is 35.9 Å². The number of nitrogens with one attached hydrogen (secondary N) is 1. The first kappa shape index (κ1) is 21.8. The van der Waals surface area contributed by atoms with E-state index < -0.39 is 10.0 Å². The molecular formula is C22H20ClN5O3S. The lowest BCUT2D eigenvalue weighted by molar-refractivity contribution is -0.116. The van der Waals surface area contributed by atoms with Crippen LogP contribution in [0.3, 0.4) is 0 Å². The summed E-state index contributed by atoms with van der Waals surface area (Å²) in [6.45, 7) is 1.89. The topological polar surface area (TPSA) is 97.2 Å². The highest BCUT2D eigenvalue weighted by atomic mass is 35.5. The molecule has 0 atom stereocenters. The molecule has 1 aromatic heterocycles. The summed E-state index contributed by atoms with van der Waals surface area (Å²) >= 11 is 6.25. The molecule has 0 bridgehead atoms. The molecule has 0 saturated heterocycles. The highest BCUT2D eigenvalue weighted by Crippen LogP contribution is 2.30. The predicted octanol–water partition coefficient (Wildman–Crippen LogP) is 3.94. The molecule has 4 rings (SSSR count). The second-order valence-electron chi connectivity index (χ2n) is 6.93. The Morgan fingerprint density at radius 2 is 1.78 bits per heavy atom. The first-order valence-electron chi connectivity index (χ1n) is 9.85. The van der Waals surface area contributed by atoms with Crippen LogP contribution in [0.1, 0.15) is 6.92 Å². The van der Waals surface area contributed by atoms with E-state index in [1.807, 2.05) is 24.3 Å². The molecule has 0 aliphatic rings. The smallest absolute Gasteiger partial charge is 0.265 e. The highest BCUT2D eigenvalue weighted by molar-refractivity contribution is 7.93. The second kappa shape index (κ2) is 8.97. The zero-order chi connectivity index (χ0) is 22.7. The fourth-order valence-electron chi connectivity index (χ4n) is 3.35. The van der Waals surface area contributed by atoms with Crippen molar-refractivity contribution in [1.29, 1.82) is 0 Å². The van der Waals surface area contributed by atoms with Crippen LogP contribution in [0, 0.1) is 0 Å². The van der Waals surface area contributed by atoms with Gasteiger partial charge >= 0.3 is 0 Å². The monoisotopic (exact) mass is 469 g/mol. The second-order valence-corrected chi connectivity index (χ2v) is 9.17. The number of amides is 1. The lowest BCUT2D eigenvalue weighted by atomic mass is 10.3. The van der Waals surface area contributed by atoms with E-state index in [0.717, 1.165) is 5.52 Å². The van der Waals surface area contributed by atoms with E-state index in [1.54, 1.807) is 43.3 Å². The van der Waals surface area contributed by atoms with Gasteiger partial charge in [-0.2, -0.15) is 0 Å². The van der Waals surface area contributed by atoms with E-state index in [1.165, 1.54) is 21.1 Å². The number of hydrogen-bond donors (Lipinski definition) is 1. The summed E-state index contributed by atoms with van der Waals surface area (Å²) in [5.74, 6) is -0.373. The van der Waals surface area contributed by atoms with Crippen LogP contribution in [0.25, 0.3) is 11.0 Å². The minimum absolute atomic E-state index is 0.0691. The van der Waals surface area contributed by atoms with Crippen molar-refractivity contribution in [2.45, 2.75) is 18.4 Å². The summed E-state index contributed by atoms with van der Waals surface area (Å²) in [6.07, 6.45) is 0. The lowest BCUT2D eigenvalue weighted by Gasteiger charge is -2.23. The first-order valence-corrected chi connectivity index (χ1v) is 11.7. The molecule has 3 aromatic carbocycles. The number of fused-ring (bicyclic) bond motifs is 1. The van der Waals surface area contributed by atoms with Crippen molar-refractivity contribution in [1.82, 2.24) is 15.0 Å². The Morgan fingerprint density at radius 3 is 2.53 bits per heavy atom. The largest absolute Gasteiger partial charge is 0.324 e. The number of carbonyl (C=O) groups is 1. The van der Waals surface area contributed by atoms with E-state index >= 15 is 0 Å². The Labute approximate surface area is 190 Å². The molecule has 10 heteroatoms. The average molecular weight is 470 g/mol. The maximum absolute atomic E-state index is 13.3. The Bertz CT molecular complexity index is 1370. The fourth-order valence-corrected chi connectivity index (χ4v) is 5.33. The number of halogens is 1. The molecule has 164 valence electrons. The van der Waals surface area contributed by atoms with Crippen LogP contribution in [-0.2, 0) is 21.4 Å². The first-order chi connectivity index (χ1) is 15.4. The zero-order valence-corrected chi connectivity index (χ0v) is 18.7. The van der Waals surface area contributed by atoms with Gasteiger partial charge in [0.1, 0.15) is 17.0 Å². The van der Waals surface area contributed by atoms with Gasteiger partial charge < -0.3 is 5.32 Å². The molecule has 0 fully saturated rings. The molecule has 0 radical (unpaired) electrons. The normalized spacial score (nSPS) is 11.4. The maximum Gasteiger partial charge on any atom is 0.265 e. The molecule has 0 saturated carbocycles. The van der Waals surface area contributed by atoms with Gasteiger partial charge in [0.15, 0.2) is 0 Å². The van der Waals surface area contributed by atoms with Crippen LogP contribution in [0.5, 0.6) is 0 Å². The van der Waals surface area contributed by atoms with Crippen LogP contribution in [0.4, 0.5) is 11.4 Å². The third kappa shape index (κ3) is 4.30. The molecule has 0 aliphatic heterocycles. The molecule has 8 nitrogen and oxygen atoms in total. The number of sulfonamides is 1. The van der Waals surface area contributed by atoms with Gasteiger partial charge in [0.25, 0.3) is 10.0 Å². The number of nitrogens with zero attached hydrogens (tertiary/aromatic N) is 4. The van der Waals surface area contributed by atoms with Gasteiger partial charge in [-0.05, 0) is 49.4 Å². The summed E-state index contributed by atoms with van der Waals surface area (Å²) in [7, 11) is -3.95. The number of para-hydroxylation sites is 2. The number of hydrogen-bond acceptors (Lipinski definition) is 5. The van der Waals surface area contributed by atoms with E-state index in [4.69, 9.17) is 11.6 Å². The van der Waals surface area contributed by atoms with Crippen molar-refractivity contribution in [3.8, 4) is 0 Å². The van der Waals surface area contributed by atoms with Crippen LogP contribution >= 0.6 is 11.6 Å². The van der Waals surface area contributed by atoms with Crippen LogP contribution in [0.15, 0.2) is 77.7 Å². The molecule has 0 unspecified atom stereocenters. The van der Waals surface area contributed by atoms with Crippen molar-refractivity contribution in [2.24, 2.45) is 0 Å². The number of anilines is 2. The Balaban J connectivity index is 1.59. The maximum atomic E-state index is 13.3. The molecule has 1 N–H and O–H groups in total. The van der Waals surface area contributed by atoms with Crippen molar-refractivity contribution in [3.05, 3.63) is 77.8 Å². The van der Waals surface area contributed by atoms with E-state index in [0.29, 0.717) is 16.9 Å². The van der Waals surface area contributed by atoms with Gasteiger partial charge in [0, 0.05) is 12.2 Å². The quantitative estimate of drug-likeness (QED) is 0.442. The number of benzene rings is 3. The number of carbonyl (C=O) groups excluding carboxylic acids is 1. The minimum atomic E-state index is -3.95. The molecule has 32 heavy (non-hydrogen) atoms. The Kier molecular flexibility index (Phi) is 6.11. The van der Waals surface area contributed by atoms with Crippen LogP contribution < -0.4 is 9.62 Å². The van der Waals surface area contributed by atoms with E-state index in [2.05, 4.69) is 15.6 Å².